The monoisotopic (exact) mass is 407 g/mol. The van der Waals surface area contributed by atoms with E-state index in [0.717, 1.165) is 18.2 Å². The summed E-state index contributed by atoms with van der Waals surface area (Å²) in [6, 6.07) is 6.30. The number of rotatable bonds is 5. The Hall–Kier alpha value is -2.69. The first-order valence-corrected chi connectivity index (χ1v) is 9.04. The zero-order valence-corrected chi connectivity index (χ0v) is 14.4. The van der Waals surface area contributed by atoms with Crippen LogP contribution in [0.4, 0.5) is 23.2 Å². The van der Waals surface area contributed by atoms with Crippen LogP contribution in [-0.4, -0.2) is 34.4 Å². The van der Waals surface area contributed by atoms with Gasteiger partial charge in [-0.2, -0.15) is 13.2 Å². The lowest BCUT2D eigenvalue weighted by Gasteiger charge is -2.19. The van der Waals surface area contributed by atoms with Crippen LogP contribution in [0.2, 0.25) is 0 Å². The van der Waals surface area contributed by atoms with Gasteiger partial charge in [-0.1, -0.05) is 0 Å². The molecule has 6 nitrogen and oxygen atoms in total. The molecule has 0 unspecified atom stereocenters. The van der Waals surface area contributed by atoms with Crippen molar-refractivity contribution < 1.29 is 40.2 Å². The van der Waals surface area contributed by atoms with Crippen molar-refractivity contribution in [1.82, 2.24) is 0 Å². The van der Waals surface area contributed by atoms with Gasteiger partial charge >= 0.3 is 6.18 Å². The molecule has 3 rings (SSSR count). The second-order valence-electron chi connectivity index (χ2n) is 5.46. The first-order chi connectivity index (χ1) is 12.6. The average molecular weight is 407 g/mol. The molecule has 2 aromatic rings. The van der Waals surface area contributed by atoms with Crippen molar-refractivity contribution in [2.24, 2.45) is 0 Å². The van der Waals surface area contributed by atoms with E-state index in [4.69, 9.17) is 9.47 Å². The molecule has 0 aromatic heterocycles. The molecule has 1 N–H and O–H groups in total. The van der Waals surface area contributed by atoms with Crippen molar-refractivity contribution in [1.29, 1.82) is 0 Å². The number of ether oxygens (including phenoxy) is 3. The molecule has 0 radical (unpaired) electrons. The fraction of sp³-hybridized carbons (Fsp3) is 0.250. The molecule has 0 atom stereocenters. The molecule has 0 aliphatic carbocycles. The van der Waals surface area contributed by atoms with Gasteiger partial charge in [0.2, 0.25) is 0 Å². The Labute approximate surface area is 151 Å². The smallest absolute Gasteiger partial charge is 0.422 e. The molecule has 0 saturated heterocycles. The summed E-state index contributed by atoms with van der Waals surface area (Å²) in [5.41, 5.74) is -0.464. The summed E-state index contributed by atoms with van der Waals surface area (Å²) in [6.45, 7) is -1.10. The Morgan fingerprint density at radius 2 is 1.74 bits per heavy atom. The van der Waals surface area contributed by atoms with Gasteiger partial charge in [0.25, 0.3) is 10.0 Å². The summed E-state index contributed by atoms with van der Waals surface area (Å²) < 4.78 is 92.8. The quantitative estimate of drug-likeness (QED) is 0.770. The van der Waals surface area contributed by atoms with Crippen LogP contribution < -0.4 is 18.9 Å². The molecule has 1 aliphatic rings. The van der Waals surface area contributed by atoms with E-state index in [9.17, 15) is 26.0 Å². The molecule has 0 amide bonds. The molecule has 1 aliphatic heterocycles. The lowest BCUT2D eigenvalue weighted by atomic mass is 10.3. The van der Waals surface area contributed by atoms with Crippen molar-refractivity contribution >= 4 is 15.7 Å². The molecule has 0 spiro atoms. The molecule has 11 heteroatoms. The number of anilines is 1. The van der Waals surface area contributed by atoms with Gasteiger partial charge in [0.15, 0.2) is 18.1 Å². The van der Waals surface area contributed by atoms with Gasteiger partial charge in [0.1, 0.15) is 24.8 Å². The zero-order chi connectivity index (χ0) is 19.7. The number of nitrogens with one attached hydrogen (secondary N) is 1. The summed E-state index contributed by atoms with van der Waals surface area (Å²) in [5.74, 6) is -0.749. The summed E-state index contributed by atoms with van der Waals surface area (Å²) in [4.78, 5) is -0.238. The molecular weight excluding hydrogens is 394 g/mol. The van der Waals surface area contributed by atoms with Crippen LogP contribution in [0.3, 0.4) is 0 Å². The molecule has 2 aromatic carbocycles. The minimum atomic E-state index is -4.64. The normalized spacial score (nSPS) is 13.9. The topological polar surface area (TPSA) is 73.9 Å². The highest BCUT2D eigenvalue weighted by Crippen LogP contribution is 2.34. The van der Waals surface area contributed by atoms with Crippen LogP contribution in [-0.2, 0) is 10.0 Å². The highest BCUT2D eigenvalue weighted by Gasteiger charge is 2.29. The first kappa shape index (κ1) is 19.1. The summed E-state index contributed by atoms with van der Waals surface area (Å²) >= 11 is 0. The maximum atomic E-state index is 13.5. The first-order valence-electron chi connectivity index (χ1n) is 7.56. The summed E-state index contributed by atoms with van der Waals surface area (Å²) in [6.07, 6.45) is -4.64. The Kier molecular flexibility index (Phi) is 5.05. The number of hydrogen-bond acceptors (Lipinski definition) is 5. The predicted molar refractivity (Wildman–Crippen MR) is 86.2 cm³/mol. The molecule has 1 heterocycles. The largest absolute Gasteiger partial charge is 0.486 e. The van der Waals surface area contributed by atoms with Crippen LogP contribution in [0, 0.1) is 5.82 Å². The third-order valence-electron chi connectivity index (χ3n) is 3.40. The van der Waals surface area contributed by atoms with Crippen LogP contribution in [0.1, 0.15) is 0 Å². The fourth-order valence-corrected chi connectivity index (χ4v) is 3.34. The highest BCUT2D eigenvalue weighted by molar-refractivity contribution is 7.92. The molecular formula is C16H13F4NO5S. The lowest BCUT2D eigenvalue weighted by Crippen LogP contribution is -2.21. The number of halogens is 4. The van der Waals surface area contributed by atoms with E-state index >= 15 is 0 Å². The van der Waals surface area contributed by atoms with Gasteiger partial charge in [0.05, 0.1) is 10.6 Å². The van der Waals surface area contributed by atoms with Gasteiger partial charge in [-0.15, -0.1) is 0 Å². The van der Waals surface area contributed by atoms with Crippen LogP contribution in [0.15, 0.2) is 41.3 Å². The molecule has 0 bridgehead atoms. The summed E-state index contributed by atoms with van der Waals surface area (Å²) in [7, 11) is -4.25. The van der Waals surface area contributed by atoms with Crippen molar-refractivity contribution in [3.8, 4) is 17.2 Å². The van der Waals surface area contributed by atoms with E-state index < -0.39 is 40.1 Å². The van der Waals surface area contributed by atoms with E-state index in [0.29, 0.717) is 12.4 Å². The number of alkyl halides is 3. The van der Waals surface area contributed by atoms with Crippen molar-refractivity contribution in [2.45, 2.75) is 11.1 Å². The van der Waals surface area contributed by atoms with Crippen LogP contribution >= 0.6 is 0 Å². The fourth-order valence-electron chi connectivity index (χ4n) is 2.26. The van der Waals surface area contributed by atoms with Gasteiger partial charge in [-0.25, -0.2) is 12.8 Å². The van der Waals surface area contributed by atoms with Gasteiger partial charge < -0.3 is 14.2 Å². The maximum Gasteiger partial charge on any atom is 0.422 e. The van der Waals surface area contributed by atoms with Crippen molar-refractivity contribution in [3.05, 3.63) is 42.2 Å². The Bertz CT molecular complexity index is 946. The van der Waals surface area contributed by atoms with Gasteiger partial charge in [0, 0.05) is 12.1 Å². The highest BCUT2D eigenvalue weighted by atomic mass is 32.2. The van der Waals surface area contributed by atoms with Crippen molar-refractivity contribution in [2.75, 3.05) is 24.5 Å². The second kappa shape index (κ2) is 7.14. The Morgan fingerprint density at radius 3 is 2.44 bits per heavy atom. The average Bonchev–Trinajstić information content (AvgIpc) is 2.59. The van der Waals surface area contributed by atoms with Crippen molar-refractivity contribution in [3.63, 3.8) is 0 Å². The van der Waals surface area contributed by atoms with E-state index in [1.54, 1.807) is 0 Å². The molecule has 0 fully saturated rings. The Balaban J connectivity index is 1.88. The molecule has 146 valence electrons. The Morgan fingerprint density at radius 1 is 1.04 bits per heavy atom. The third kappa shape index (κ3) is 4.73. The van der Waals surface area contributed by atoms with E-state index in [1.807, 2.05) is 4.72 Å². The van der Waals surface area contributed by atoms with Crippen LogP contribution in [0.25, 0.3) is 0 Å². The van der Waals surface area contributed by atoms with Crippen LogP contribution in [0.5, 0.6) is 17.2 Å². The van der Waals surface area contributed by atoms with Gasteiger partial charge in [-0.3, -0.25) is 4.72 Å². The van der Waals surface area contributed by atoms with E-state index in [-0.39, 0.29) is 17.3 Å². The maximum absolute atomic E-state index is 13.5. The number of sulfonamides is 1. The minimum absolute atomic E-state index is 0.205. The SMILES string of the molecule is O=S(=O)(Nc1cc(F)ccc1OCC(F)(F)F)c1ccc2c(c1)OCCO2. The number of fused-ring (bicyclic) bond motifs is 1. The second-order valence-corrected chi connectivity index (χ2v) is 7.14. The minimum Gasteiger partial charge on any atom is -0.486 e. The van der Waals surface area contributed by atoms with E-state index in [1.165, 1.54) is 18.2 Å². The summed E-state index contributed by atoms with van der Waals surface area (Å²) in [5, 5.41) is 0. The number of hydrogen-bond donors (Lipinski definition) is 1. The van der Waals surface area contributed by atoms with Gasteiger partial charge in [-0.05, 0) is 24.3 Å². The van der Waals surface area contributed by atoms with E-state index in [2.05, 4.69) is 4.74 Å². The predicted octanol–water partition coefficient (Wildman–Crippen LogP) is 3.34. The molecule has 0 saturated carbocycles. The standard InChI is InChI=1S/C16H13F4NO5S/c17-10-1-3-13(26-9-16(18,19)20)12(7-10)21-27(22,23)11-2-4-14-15(8-11)25-6-5-24-14/h1-4,7-8,21H,5-6,9H2. The number of benzene rings is 2. The lowest BCUT2D eigenvalue weighted by molar-refractivity contribution is -0.153. The molecule has 27 heavy (non-hydrogen) atoms. The third-order valence-corrected chi connectivity index (χ3v) is 4.76. The zero-order valence-electron chi connectivity index (χ0n) is 13.5.